The lowest BCUT2D eigenvalue weighted by Crippen LogP contribution is -2.25. The quantitative estimate of drug-likeness (QED) is 0.665. The van der Waals surface area contributed by atoms with Crippen LogP contribution in [0.25, 0.3) is 0 Å². The standard InChI is InChI=1S/C15H27N3S/c1-4-8-16-14-7-9-17-15(12-14)13-19-11-10-18(5-2)6-3/h7,9,12H,4-6,8,10-11,13H2,1-3H3,(H,16,17). The highest BCUT2D eigenvalue weighted by atomic mass is 32.2. The van der Waals surface area contributed by atoms with Crippen LogP contribution in [0.3, 0.4) is 0 Å². The van der Waals surface area contributed by atoms with Crippen molar-refractivity contribution >= 4 is 17.4 Å². The van der Waals surface area contributed by atoms with Crippen molar-refractivity contribution in [1.82, 2.24) is 9.88 Å². The zero-order valence-corrected chi connectivity index (χ0v) is 13.3. The largest absolute Gasteiger partial charge is 0.385 e. The molecule has 1 N–H and O–H groups in total. The number of nitrogens with zero attached hydrogens (tertiary/aromatic N) is 2. The summed E-state index contributed by atoms with van der Waals surface area (Å²) >= 11 is 1.97. The Hall–Kier alpha value is -0.740. The third-order valence-corrected chi connectivity index (χ3v) is 4.06. The Morgan fingerprint density at radius 1 is 1.26 bits per heavy atom. The molecule has 0 aliphatic heterocycles. The minimum absolute atomic E-state index is 1.00. The highest BCUT2D eigenvalue weighted by Gasteiger charge is 2.00. The summed E-state index contributed by atoms with van der Waals surface area (Å²) in [6.45, 7) is 11.1. The fraction of sp³-hybridized carbons (Fsp3) is 0.667. The topological polar surface area (TPSA) is 28.2 Å². The molecule has 0 radical (unpaired) electrons. The van der Waals surface area contributed by atoms with E-state index in [1.807, 2.05) is 24.0 Å². The van der Waals surface area contributed by atoms with Crippen LogP contribution in [-0.4, -0.2) is 41.8 Å². The average molecular weight is 281 g/mol. The summed E-state index contributed by atoms with van der Waals surface area (Å²) in [7, 11) is 0. The molecule has 1 rings (SSSR count). The van der Waals surface area contributed by atoms with Crippen LogP contribution in [0.4, 0.5) is 5.69 Å². The molecule has 1 aromatic rings. The van der Waals surface area contributed by atoms with Crippen LogP contribution in [-0.2, 0) is 5.75 Å². The number of hydrogen-bond donors (Lipinski definition) is 1. The summed E-state index contributed by atoms with van der Waals surface area (Å²) in [6, 6.07) is 4.21. The minimum Gasteiger partial charge on any atom is -0.385 e. The zero-order valence-electron chi connectivity index (χ0n) is 12.5. The first-order valence-corrected chi connectivity index (χ1v) is 8.44. The van der Waals surface area contributed by atoms with E-state index in [0.29, 0.717) is 0 Å². The van der Waals surface area contributed by atoms with Gasteiger partial charge in [-0.15, -0.1) is 0 Å². The molecule has 1 aromatic heterocycles. The number of pyridine rings is 1. The number of aromatic nitrogens is 1. The molecular formula is C15H27N3S. The van der Waals surface area contributed by atoms with Gasteiger partial charge in [0.15, 0.2) is 0 Å². The Kier molecular flexibility index (Phi) is 8.67. The highest BCUT2D eigenvalue weighted by molar-refractivity contribution is 7.98. The van der Waals surface area contributed by atoms with E-state index < -0.39 is 0 Å². The maximum Gasteiger partial charge on any atom is 0.0523 e. The van der Waals surface area contributed by atoms with E-state index >= 15 is 0 Å². The van der Waals surface area contributed by atoms with Crippen LogP contribution in [0.2, 0.25) is 0 Å². The molecule has 0 amide bonds. The highest BCUT2D eigenvalue weighted by Crippen LogP contribution is 2.14. The Morgan fingerprint density at radius 2 is 2.05 bits per heavy atom. The third kappa shape index (κ3) is 6.83. The number of thioether (sulfide) groups is 1. The average Bonchev–Trinajstić information content (AvgIpc) is 2.46. The van der Waals surface area contributed by atoms with Gasteiger partial charge in [0.05, 0.1) is 5.69 Å². The molecule has 0 saturated carbocycles. The lowest BCUT2D eigenvalue weighted by Gasteiger charge is -2.17. The Morgan fingerprint density at radius 3 is 2.74 bits per heavy atom. The SMILES string of the molecule is CCCNc1ccnc(CSCCN(CC)CC)c1. The van der Waals surface area contributed by atoms with Gasteiger partial charge < -0.3 is 10.2 Å². The summed E-state index contributed by atoms with van der Waals surface area (Å²) in [4.78, 5) is 6.89. The van der Waals surface area contributed by atoms with Gasteiger partial charge in [-0.1, -0.05) is 20.8 Å². The van der Waals surface area contributed by atoms with Crippen molar-refractivity contribution in [2.45, 2.75) is 32.9 Å². The number of nitrogens with one attached hydrogen (secondary N) is 1. The molecule has 108 valence electrons. The summed E-state index contributed by atoms with van der Waals surface area (Å²) < 4.78 is 0. The predicted molar refractivity (Wildman–Crippen MR) is 87.0 cm³/mol. The van der Waals surface area contributed by atoms with Gasteiger partial charge in [0.1, 0.15) is 0 Å². The van der Waals surface area contributed by atoms with Crippen molar-refractivity contribution in [3.8, 4) is 0 Å². The van der Waals surface area contributed by atoms with Gasteiger partial charge in [-0.3, -0.25) is 4.98 Å². The van der Waals surface area contributed by atoms with Gasteiger partial charge in [0.25, 0.3) is 0 Å². The van der Waals surface area contributed by atoms with E-state index in [1.54, 1.807) is 0 Å². The molecule has 0 aromatic carbocycles. The second-order valence-corrected chi connectivity index (χ2v) is 5.65. The fourth-order valence-corrected chi connectivity index (χ4v) is 2.75. The normalized spacial score (nSPS) is 10.9. The summed E-state index contributed by atoms with van der Waals surface area (Å²) in [5.41, 5.74) is 2.36. The van der Waals surface area contributed by atoms with Crippen molar-refractivity contribution in [2.75, 3.05) is 37.2 Å². The van der Waals surface area contributed by atoms with Crippen LogP contribution in [0.15, 0.2) is 18.3 Å². The van der Waals surface area contributed by atoms with E-state index in [9.17, 15) is 0 Å². The first-order chi connectivity index (χ1) is 9.30. The molecule has 4 heteroatoms. The van der Waals surface area contributed by atoms with Crippen LogP contribution in [0.1, 0.15) is 32.9 Å². The first kappa shape index (κ1) is 16.3. The summed E-state index contributed by atoms with van der Waals surface area (Å²) in [5.74, 6) is 2.18. The second-order valence-electron chi connectivity index (χ2n) is 4.54. The van der Waals surface area contributed by atoms with Gasteiger partial charge >= 0.3 is 0 Å². The predicted octanol–water partition coefficient (Wildman–Crippen LogP) is 3.48. The van der Waals surface area contributed by atoms with Crippen molar-refractivity contribution < 1.29 is 0 Å². The van der Waals surface area contributed by atoms with Crippen LogP contribution in [0.5, 0.6) is 0 Å². The van der Waals surface area contributed by atoms with Crippen molar-refractivity contribution in [2.24, 2.45) is 0 Å². The van der Waals surface area contributed by atoms with Crippen molar-refractivity contribution in [1.29, 1.82) is 0 Å². The molecule has 0 spiro atoms. The Labute approximate surface area is 122 Å². The number of rotatable bonds is 10. The Bertz CT molecular complexity index is 340. The van der Waals surface area contributed by atoms with Gasteiger partial charge in [0, 0.05) is 36.5 Å². The molecule has 0 aliphatic rings. The molecule has 1 heterocycles. The molecule has 0 fully saturated rings. The van der Waals surface area contributed by atoms with E-state index in [1.165, 1.54) is 23.7 Å². The molecule has 19 heavy (non-hydrogen) atoms. The fourth-order valence-electron chi connectivity index (χ4n) is 1.85. The van der Waals surface area contributed by atoms with Crippen molar-refractivity contribution in [3.63, 3.8) is 0 Å². The van der Waals surface area contributed by atoms with Gasteiger partial charge in [0.2, 0.25) is 0 Å². The summed E-state index contributed by atoms with van der Waals surface area (Å²) in [6.07, 6.45) is 3.05. The molecule has 0 atom stereocenters. The van der Waals surface area contributed by atoms with E-state index in [0.717, 1.165) is 31.8 Å². The van der Waals surface area contributed by atoms with Crippen molar-refractivity contribution in [3.05, 3.63) is 24.0 Å². The maximum absolute atomic E-state index is 4.43. The van der Waals surface area contributed by atoms with Gasteiger partial charge in [-0.25, -0.2) is 0 Å². The lowest BCUT2D eigenvalue weighted by atomic mass is 10.3. The van der Waals surface area contributed by atoms with E-state index in [4.69, 9.17) is 0 Å². The molecule has 3 nitrogen and oxygen atoms in total. The number of anilines is 1. The maximum atomic E-state index is 4.43. The van der Waals surface area contributed by atoms with Crippen LogP contribution < -0.4 is 5.32 Å². The monoisotopic (exact) mass is 281 g/mol. The minimum atomic E-state index is 1.00. The Balaban J connectivity index is 2.28. The molecule has 0 bridgehead atoms. The smallest absolute Gasteiger partial charge is 0.0523 e. The van der Waals surface area contributed by atoms with E-state index in [-0.39, 0.29) is 0 Å². The third-order valence-electron chi connectivity index (χ3n) is 3.09. The first-order valence-electron chi connectivity index (χ1n) is 7.29. The molecule has 0 aliphatic carbocycles. The van der Waals surface area contributed by atoms with Crippen LogP contribution >= 0.6 is 11.8 Å². The summed E-state index contributed by atoms with van der Waals surface area (Å²) in [5, 5.41) is 3.40. The van der Waals surface area contributed by atoms with Crippen LogP contribution in [0, 0.1) is 0 Å². The van der Waals surface area contributed by atoms with Gasteiger partial charge in [-0.2, -0.15) is 11.8 Å². The molecule has 0 unspecified atom stereocenters. The van der Waals surface area contributed by atoms with Gasteiger partial charge in [-0.05, 0) is 31.6 Å². The lowest BCUT2D eigenvalue weighted by molar-refractivity contribution is 0.324. The zero-order chi connectivity index (χ0) is 13.9. The second kappa shape index (κ2) is 10.1. The van der Waals surface area contributed by atoms with E-state index in [2.05, 4.69) is 42.0 Å². The number of hydrogen-bond acceptors (Lipinski definition) is 4. The molecule has 0 saturated heterocycles. The molecular weight excluding hydrogens is 254 g/mol.